The summed E-state index contributed by atoms with van der Waals surface area (Å²) in [4.78, 5) is 19.0. The number of carbonyl (C=O) groups is 1. The Kier molecular flexibility index (Phi) is 7.37. The van der Waals surface area contributed by atoms with Gasteiger partial charge in [0.25, 0.3) is 0 Å². The van der Waals surface area contributed by atoms with Crippen LogP contribution >= 0.6 is 23.1 Å². The number of carbonyl (C=O) groups excluding carboxylic acids is 1. The van der Waals surface area contributed by atoms with Crippen LogP contribution in [0.15, 0.2) is 71.8 Å². The Bertz CT molecular complexity index is 1530. The quantitative estimate of drug-likeness (QED) is 0.275. The molecule has 0 saturated carbocycles. The lowest BCUT2D eigenvalue weighted by Gasteiger charge is -2.17. The molecule has 0 radical (unpaired) electrons. The van der Waals surface area contributed by atoms with Gasteiger partial charge in [-0.2, -0.15) is 10.5 Å². The number of thioether (sulfide) groups is 1. The van der Waals surface area contributed by atoms with Gasteiger partial charge in [0.1, 0.15) is 22.2 Å². The fourth-order valence-corrected chi connectivity index (χ4v) is 6.77. The van der Waals surface area contributed by atoms with Crippen LogP contribution in [0.25, 0.3) is 22.4 Å². The molecule has 0 saturated heterocycles. The molecule has 37 heavy (non-hydrogen) atoms. The molecule has 5 nitrogen and oxygen atoms in total. The van der Waals surface area contributed by atoms with Crippen molar-refractivity contribution in [1.82, 2.24) is 4.98 Å². The maximum absolute atomic E-state index is 13.0. The zero-order valence-corrected chi connectivity index (χ0v) is 22.0. The highest BCUT2D eigenvalue weighted by atomic mass is 32.2. The number of nitrogens with one attached hydrogen (secondary N) is 1. The van der Waals surface area contributed by atoms with Gasteiger partial charge in [0, 0.05) is 16.0 Å². The summed E-state index contributed by atoms with van der Waals surface area (Å²) < 4.78 is 0. The van der Waals surface area contributed by atoms with Crippen molar-refractivity contribution in [2.24, 2.45) is 5.92 Å². The minimum absolute atomic E-state index is 0.0813. The SMILES string of the molecule is C[C@@H]1CCc2c(sc(NC(=O)CSc3nc(-c4ccccc4)cc(-c4ccccc4)c3C#N)c2C#N)C1. The topological polar surface area (TPSA) is 89.6 Å². The van der Waals surface area contributed by atoms with Crippen LogP contribution in [0.3, 0.4) is 0 Å². The predicted molar refractivity (Wildman–Crippen MR) is 149 cm³/mol. The summed E-state index contributed by atoms with van der Waals surface area (Å²) in [5.41, 5.74) is 5.51. The van der Waals surface area contributed by atoms with Crippen LogP contribution < -0.4 is 5.32 Å². The zero-order chi connectivity index (χ0) is 25.8. The number of benzene rings is 2. The van der Waals surface area contributed by atoms with E-state index in [0.29, 0.717) is 27.1 Å². The summed E-state index contributed by atoms with van der Waals surface area (Å²) >= 11 is 2.76. The Hall–Kier alpha value is -3.91. The Balaban J connectivity index is 1.43. The third-order valence-corrected chi connectivity index (χ3v) is 8.61. The molecule has 1 N–H and O–H groups in total. The van der Waals surface area contributed by atoms with E-state index in [1.807, 2.05) is 66.7 Å². The van der Waals surface area contributed by atoms with E-state index in [-0.39, 0.29) is 11.7 Å². The van der Waals surface area contributed by atoms with Gasteiger partial charge in [0.15, 0.2) is 0 Å². The van der Waals surface area contributed by atoms with E-state index in [9.17, 15) is 15.3 Å². The molecule has 0 aliphatic heterocycles. The number of pyridine rings is 1. The minimum Gasteiger partial charge on any atom is -0.316 e. The third-order valence-electron chi connectivity index (χ3n) is 6.47. The average molecular weight is 521 g/mol. The van der Waals surface area contributed by atoms with Crippen LogP contribution in [0.4, 0.5) is 5.00 Å². The zero-order valence-electron chi connectivity index (χ0n) is 20.3. The number of nitriles is 2. The molecular weight excluding hydrogens is 496 g/mol. The second-order valence-electron chi connectivity index (χ2n) is 9.08. The molecule has 5 rings (SSSR count). The number of thiophene rings is 1. The van der Waals surface area contributed by atoms with Gasteiger partial charge in [-0.1, -0.05) is 79.3 Å². The van der Waals surface area contributed by atoms with E-state index >= 15 is 0 Å². The van der Waals surface area contributed by atoms with Crippen molar-refractivity contribution in [2.45, 2.75) is 31.2 Å². The molecule has 0 spiro atoms. The third kappa shape index (κ3) is 5.29. The Morgan fingerprint density at radius 2 is 1.73 bits per heavy atom. The van der Waals surface area contributed by atoms with E-state index < -0.39 is 0 Å². The molecule has 0 fully saturated rings. The Morgan fingerprint density at radius 3 is 2.41 bits per heavy atom. The highest BCUT2D eigenvalue weighted by Gasteiger charge is 2.25. The van der Waals surface area contributed by atoms with Crippen molar-refractivity contribution in [3.05, 3.63) is 88.3 Å². The van der Waals surface area contributed by atoms with Crippen molar-refractivity contribution < 1.29 is 4.79 Å². The molecule has 1 aliphatic rings. The lowest BCUT2D eigenvalue weighted by Crippen LogP contribution is -2.14. The molecule has 2 heterocycles. The summed E-state index contributed by atoms with van der Waals surface area (Å²) in [5, 5.41) is 23.9. The number of hydrogen-bond acceptors (Lipinski definition) is 6. The molecule has 2 aromatic heterocycles. The molecular formula is C30H24N4OS2. The summed E-state index contributed by atoms with van der Waals surface area (Å²) in [6.07, 6.45) is 2.89. The van der Waals surface area contributed by atoms with Crippen LogP contribution in [0.5, 0.6) is 0 Å². The smallest absolute Gasteiger partial charge is 0.235 e. The summed E-state index contributed by atoms with van der Waals surface area (Å²) in [7, 11) is 0. The largest absolute Gasteiger partial charge is 0.316 e. The molecule has 1 atom stereocenters. The number of anilines is 1. The molecule has 1 amide bonds. The Labute approximate surface area is 224 Å². The molecule has 0 bridgehead atoms. The second kappa shape index (κ2) is 11.0. The van der Waals surface area contributed by atoms with Gasteiger partial charge in [-0.3, -0.25) is 4.79 Å². The fourth-order valence-electron chi connectivity index (χ4n) is 4.59. The minimum atomic E-state index is -0.217. The average Bonchev–Trinajstić information content (AvgIpc) is 3.27. The number of nitrogens with zero attached hydrogens (tertiary/aromatic N) is 3. The predicted octanol–water partition coefficient (Wildman–Crippen LogP) is 7.08. The summed E-state index contributed by atoms with van der Waals surface area (Å²) in [6.45, 7) is 2.22. The molecule has 4 aromatic rings. The van der Waals surface area contributed by atoms with Crippen molar-refractivity contribution in [2.75, 3.05) is 11.1 Å². The maximum atomic E-state index is 13.0. The summed E-state index contributed by atoms with van der Waals surface area (Å²) in [5.74, 6) is 0.450. The molecule has 7 heteroatoms. The molecule has 1 aliphatic carbocycles. The van der Waals surface area contributed by atoms with E-state index in [0.717, 1.165) is 47.2 Å². The fraction of sp³-hybridized carbons (Fsp3) is 0.200. The summed E-state index contributed by atoms with van der Waals surface area (Å²) in [6, 6.07) is 26.1. The number of fused-ring (bicyclic) bond motifs is 1. The van der Waals surface area contributed by atoms with Gasteiger partial charge in [0.05, 0.1) is 22.6 Å². The van der Waals surface area contributed by atoms with E-state index in [4.69, 9.17) is 4.98 Å². The van der Waals surface area contributed by atoms with Gasteiger partial charge in [-0.15, -0.1) is 11.3 Å². The monoisotopic (exact) mass is 520 g/mol. The van der Waals surface area contributed by atoms with E-state index in [2.05, 4.69) is 24.4 Å². The molecule has 0 unspecified atom stereocenters. The van der Waals surface area contributed by atoms with Crippen molar-refractivity contribution in [3.63, 3.8) is 0 Å². The first-order valence-corrected chi connectivity index (χ1v) is 13.9. The standard InChI is InChI=1S/C30H24N4OS2/c1-19-12-13-22-24(16-31)30(37-27(22)14-19)34-28(35)18-36-29-25(17-32)23(20-8-4-2-5-9-20)15-26(33-29)21-10-6-3-7-11-21/h2-11,15,19H,12-14,18H2,1H3,(H,34,35)/t19-/m1/s1. The number of hydrogen-bond donors (Lipinski definition) is 1. The number of rotatable bonds is 6. The highest BCUT2D eigenvalue weighted by Crippen LogP contribution is 2.39. The normalized spacial score (nSPS) is 14.3. The first-order chi connectivity index (χ1) is 18.1. The Morgan fingerprint density at radius 1 is 1.05 bits per heavy atom. The number of amides is 1. The van der Waals surface area contributed by atoms with E-state index in [1.165, 1.54) is 28.0 Å². The van der Waals surface area contributed by atoms with Gasteiger partial charge < -0.3 is 5.32 Å². The molecule has 2 aromatic carbocycles. The first kappa shape index (κ1) is 24.8. The molecule has 182 valence electrons. The van der Waals surface area contributed by atoms with Crippen LogP contribution in [-0.2, 0) is 17.6 Å². The van der Waals surface area contributed by atoms with Gasteiger partial charge >= 0.3 is 0 Å². The van der Waals surface area contributed by atoms with Gasteiger partial charge in [0.2, 0.25) is 5.91 Å². The van der Waals surface area contributed by atoms with Crippen LogP contribution in [-0.4, -0.2) is 16.6 Å². The number of aromatic nitrogens is 1. The van der Waals surface area contributed by atoms with E-state index in [1.54, 1.807) is 0 Å². The van der Waals surface area contributed by atoms with Crippen molar-refractivity contribution in [3.8, 4) is 34.5 Å². The first-order valence-electron chi connectivity index (χ1n) is 12.1. The second-order valence-corrected chi connectivity index (χ2v) is 11.2. The highest BCUT2D eigenvalue weighted by molar-refractivity contribution is 8.00. The lowest BCUT2D eigenvalue weighted by molar-refractivity contribution is -0.113. The van der Waals surface area contributed by atoms with Crippen LogP contribution in [0.2, 0.25) is 0 Å². The van der Waals surface area contributed by atoms with Gasteiger partial charge in [-0.25, -0.2) is 4.98 Å². The van der Waals surface area contributed by atoms with Gasteiger partial charge in [-0.05, 0) is 42.4 Å². The van der Waals surface area contributed by atoms with Crippen molar-refractivity contribution >= 4 is 34.0 Å². The van der Waals surface area contributed by atoms with Crippen LogP contribution in [0.1, 0.15) is 34.9 Å². The van der Waals surface area contributed by atoms with Crippen molar-refractivity contribution in [1.29, 1.82) is 10.5 Å². The lowest BCUT2D eigenvalue weighted by atomic mass is 9.89. The van der Waals surface area contributed by atoms with Crippen LogP contribution in [0, 0.1) is 28.6 Å². The maximum Gasteiger partial charge on any atom is 0.235 e.